The Kier molecular flexibility index (Phi) is 6.08. The topological polar surface area (TPSA) is 49.4 Å². The number of amides is 2. The fraction of sp³-hybridized carbons (Fsp3) is 0.238. The maximum absolute atomic E-state index is 12.3. The van der Waals surface area contributed by atoms with Crippen LogP contribution in [0.1, 0.15) is 28.8 Å². The van der Waals surface area contributed by atoms with Crippen molar-refractivity contribution in [1.82, 2.24) is 10.2 Å². The van der Waals surface area contributed by atoms with E-state index in [1.54, 1.807) is 30.3 Å². The third kappa shape index (κ3) is 4.96. The van der Waals surface area contributed by atoms with E-state index in [0.29, 0.717) is 23.7 Å². The van der Waals surface area contributed by atoms with Crippen molar-refractivity contribution in [2.24, 2.45) is 0 Å². The highest BCUT2D eigenvalue weighted by atomic mass is 35.5. The largest absolute Gasteiger partial charge is 0.349 e. The predicted octanol–water partition coefficient (Wildman–Crippen LogP) is 3.77. The molecule has 0 aliphatic carbocycles. The van der Waals surface area contributed by atoms with Gasteiger partial charge in [-0.25, -0.2) is 0 Å². The summed E-state index contributed by atoms with van der Waals surface area (Å²) in [5, 5.41) is 3.64. The summed E-state index contributed by atoms with van der Waals surface area (Å²) in [5.74, 6) is -0.0910. The number of hydrogen-bond donors (Lipinski definition) is 1. The molecule has 1 aliphatic rings. The molecule has 1 heterocycles. The van der Waals surface area contributed by atoms with Crippen LogP contribution in [0.15, 0.2) is 60.7 Å². The van der Waals surface area contributed by atoms with E-state index in [-0.39, 0.29) is 17.9 Å². The first-order valence-electron chi connectivity index (χ1n) is 8.70. The highest BCUT2D eigenvalue weighted by Gasteiger charge is 2.23. The first-order valence-corrected chi connectivity index (χ1v) is 9.08. The summed E-state index contributed by atoms with van der Waals surface area (Å²) in [7, 11) is 0. The molecule has 2 aromatic carbocycles. The van der Waals surface area contributed by atoms with E-state index in [0.717, 1.165) is 18.4 Å². The fourth-order valence-corrected chi connectivity index (χ4v) is 3.08. The highest BCUT2D eigenvalue weighted by molar-refractivity contribution is 6.30. The van der Waals surface area contributed by atoms with E-state index in [1.807, 2.05) is 41.3 Å². The molecule has 0 spiro atoms. The van der Waals surface area contributed by atoms with Crippen LogP contribution in [0.3, 0.4) is 0 Å². The second-order valence-corrected chi connectivity index (χ2v) is 6.76. The van der Waals surface area contributed by atoms with Crippen LogP contribution >= 0.6 is 11.6 Å². The van der Waals surface area contributed by atoms with Crippen LogP contribution in [0.2, 0.25) is 5.02 Å². The number of likely N-dealkylation sites (tertiary alicyclic amines) is 1. The molecule has 1 fully saturated rings. The first-order chi connectivity index (χ1) is 12.6. The SMILES string of the molecule is O=C(NC1CCN(C(=O)/C=C/c2ccccc2)CC1)c1ccc(Cl)cc1. The molecule has 0 radical (unpaired) electrons. The molecule has 4 nitrogen and oxygen atoms in total. The average molecular weight is 369 g/mol. The summed E-state index contributed by atoms with van der Waals surface area (Å²) in [6.07, 6.45) is 4.95. The average Bonchev–Trinajstić information content (AvgIpc) is 2.68. The molecule has 1 aliphatic heterocycles. The van der Waals surface area contributed by atoms with E-state index in [9.17, 15) is 9.59 Å². The number of hydrogen-bond acceptors (Lipinski definition) is 2. The summed E-state index contributed by atoms with van der Waals surface area (Å²) in [4.78, 5) is 26.4. The van der Waals surface area contributed by atoms with E-state index in [4.69, 9.17) is 11.6 Å². The van der Waals surface area contributed by atoms with Crippen molar-refractivity contribution in [3.8, 4) is 0 Å². The van der Waals surface area contributed by atoms with Gasteiger partial charge in [0.15, 0.2) is 0 Å². The Bertz CT molecular complexity index is 779. The van der Waals surface area contributed by atoms with Gasteiger partial charge >= 0.3 is 0 Å². The second kappa shape index (κ2) is 8.68. The summed E-state index contributed by atoms with van der Waals surface area (Å²) in [5.41, 5.74) is 1.60. The van der Waals surface area contributed by atoms with E-state index >= 15 is 0 Å². The Labute approximate surface area is 158 Å². The second-order valence-electron chi connectivity index (χ2n) is 6.32. The van der Waals surface area contributed by atoms with Gasteiger partial charge in [-0.2, -0.15) is 0 Å². The van der Waals surface area contributed by atoms with Gasteiger partial charge in [0.25, 0.3) is 5.91 Å². The number of rotatable bonds is 4. The number of halogens is 1. The molecule has 0 unspecified atom stereocenters. The molecule has 2 amide bonds. The lowest BCUT2D eigenvalue weighted by molar-refractivity contribution is -0.126. The zero-order valence-electron chi connectivity index (χ0n) is 14.4. The molecular weight excluding hydrogens is 348 g/mol. The van der Waals surface area contributed by atoms with Crippen LogP contribution in [-0.4, -0.2) is 35.8 Å². The van der Waals surface area contributed by atoms with Crippen molar-refractivity contribution in [2.75, 3.05) is 13.1 Å². The minimum atomic E-state index is -0.101. The highest BCUT2D eigenvalue weighted by Crippen LogP contribution is 2.14. The maximum Gasteiger partial charge on any atom is 0.251 e. The Morgan fingerprint density at radius 2 is 1.65 bits per heavy atom. The number of carbonyl (C=O) groups is 2. The standard InChI is InChI=1S/C21H21ClN2O2/c22-18-9-7-17(8-10-18)21(26)23-19-12-14-24(15-13-19)20(25)11-6-16-4-2-1-3-5-16/h1-11,19H,12-15H2,(H,23,26)/b11-6+. The van der Waals surface area contributed by atoms with Crippen molar-refractivity contribution in [1.29, 1.82) is 0 Å². The Morgan fingerprint density at radius 1 is 1.00 bits per heavy atom. The predicted molar refractivity (Wildman–Crippen MR) is 104 cm³/mol. The number of piperidine rings is 1. The molecule has 1 saturated heterocycles. The number of carbonyl (C=O) groups excluding carboxylic acids is 2. The molecule has 5 heteroatoms. The molecule has 0 saturated carbocycles. The van der Waals surface area contributed by atoms with Gasteiger partial charge in [0.2, 0.25) is 5.91 Å². The third-order valence-corrected chi connectivity index (χ3v) is 4.72. The summed E-state index contributed by atoms with van der Waals surface area (Å²) >= 11 is 5.84. The van der Waals surface area contributed by atoms with Crippen molar-refractivity contribution in [3.63, 3.8) is 0 Å². The molecule has 0 bridgehead atoms. The minimum Gasteiger partial charge on any atom is -0.349 e. The molecule has 0 atom stereocenters. The van der Waals surface area contributed by atoms with Crippen LogP contribution in [-0.2, 0) is 4.79 Å². The number of nitrogens with zero attached hydrogens (tertiary/aromatic N) is 1. The van der Waals surface area contributed by atoms with E-state index < -0.39 is 0 Å². The Hall–Kier alpha value is -2.59. The summed E-state index contributed by atoms with van der Waals surface area (Å²) in [6, 6.07) is 16.7. The zero-order valence-corrected chi connectivity index (χ0v) is 15.2. The quantitative estimate of drug-likeness (QED) is 0.835. The molecular formula is C21H21ClN2O2. The van der Waals surface area contributed by atoms with Gasteiger partial charge < -0.3 is 10.2 Å². The lowest BCUT2D eigenvalue weighted by Gasteiger charge is -2.31. The fourth-order valence-electron chi connectivity index (χ4n) is 2.95. The lowest BCUT2D eigenvalue weighted by Crippen LogP contribution is -2.46. The van der Waals surface area contributed by atoms with Crippen molar-refractivity contribution in [3.05, 3.63) is 76.8 Å². The first kappa shape index (κ1) is 18.2. The van der Waals surface area contributed by atoms with Crippen molar-refractivity contribution >= 4 is 29.5 Å². The van der Waals surface area contributed by atoms with E-state index in [1.165, 1.54) is 0 Å². The van der Waals surface area contributed by atoms with Crippen LogP contribution in [0, 0.1) is 0 Å². The van der Waals surface area contributed by atoms with Gasteiger partial charge in [-0.3, -0.25) is 9.59 Å². The molecule has 0 aromatic heterocycles. The Balaban J connectivity index is 1.48. The normalized spacial score (nSPS) is 15.2. The Morgan fingerprint density at radius 3 is 2.31 bits per heavy atom. The van der Waals surface area contributed by atoms with Gasteiger partial charge in [0, 0.05) is 35.8 Å². The minimum absolute atomic E-state index is 0.0105. The maximum atomic E-state index is 12.3. The van der Waals surface area contributed by atoms with Crippen LogP contribution in [0.25, 0.3) is 6.08 Å². The monoisotopic (exact) mass is 368 g/mol. The lowest BCUT2D eigenvalue weighted by atomic mass is 10.0. The van der Waals surface area contributed by atoms with Gasteiger partial charge in [-0.05, 0) is 48.7 Å². The van der Waals surface area contributed by atoms with Gasteiger partial charge in [-0.15, -0.1) is 0 Å². The van der Waals surface area contributed by atoms with Gasteiger partial charge in [0.1, 0.15) is 0 Å². The van der Waals surface area contributed by atoms with Crippen molar-refractivity contribution < 1.29 is 9.59 Å². The summed E-state index contributed by atoms with van der Waals surface area (Å²) < 4.78 is 0. The number of benzene rings is 2. The van der Waals surface area contributed by atoms with E-state index in [2.05, 4.69) is 5.32 Å². The molecule has 2 aromatic rings. The van der Waals surface area contributed by atoms with Crippen LogP contribution in [0.4, 0.5) is 0 Å². The zero-order chi connectivity index (χ0) is 18.4. The van der Waals surface area contributed by atoms with Gasteiger partial charge in [0.05, 0.1) is 0 Å². The molecule has 134 valence electrons. The van der Waals surface area contributed by atoms with Crippen LogP contribution in [0.5, 0.6) is 0 Å². The smallest absolute Gasteiger partial charge is 0.251 e. The summed E-state index contributed by atoms with van der Waals surface area (Å²) in [6.45, 7) is 1.28. The molecule has 26 heavy (non-hydrogen) atoms. The van der Waals surface area contributed by atoms with Crippen LogP contribution < -0.4 is 5.32 Å². The number of nitrogens with one attached hydrogen (secondary N) is 1. The molecule has 3 rings (SSSR count). The van der Waals surface area contributed by atoms with Gasteiger partial charge in [-0.1, -0.05) is 41.9 Å². The third-order valence-electron chi connectivity index (χ3n) is 4.47. The van der Waals surface area contributed by atoms with Crippen molar-refractivity contribution in [2.45, 2.75) is 18.9 Å². The molecule has 1 N–H and O–H groups in total.